The maximum atomic E-state index is 13.8. The third-order valence-electron chi connectivity index (χ3n) is 8.18. The number of rotatable bonds is 8. The lowest BCUT2D eigenvalue weighted by Gasteiger charge is -2.35. The Bertz CT molecular complexity index is 1360. The van der Waals surface area contributed by atoms with Crippen LogP contribution in [-0.2, 0) is 31.9 Å². The molecule has 4 unspecified atom stereocenters. The fourth-order valence-electron chi connectivity index (χ4n) is 6.10. The Hall–Kier alpha value is -2.71. The van der Waals surface area contributed by atoms with Crippen molar-refractivity contribution in [3.63, 3.8) is 0 Å². The van der Waals surface area contributed by atoms with Crippen molar-refractivity contribution in [3.05, 3.63) is 70.5 Å². The first-order chi connectivity index (χ1) is 19.9. The number of carbonyl (C=O) groups is 1. The minimum Gasteiger partial charge on any atom is -0.370 e. The van der Waals surface area contributed by atoms with Gasteiger partial charge in [-0.1, -0.05) is 12.1 Å². The van der Waals surface area contributed by atoms with Crippen molar-refractivity contribution >= 4 is 15.9 Å². The molecule has 0 aromatic heterocycles. The maximum Gasteiger partial charge on any atom is 0.416 e. The predicted octanol–water partition coefficient (Wildman–Crippen LogP) is 6.29. The number of hydrogen-bond acceptors (Lipinski definition) is 5. The third-order valence-corrected chi connectivity index (χ3v) is 8.75. The lowest BCUT2D eigenvalue weighted by molar-refractivity contribution is -0.143. The standard InChI is InChI=1S/C29H33F7N2O4S/c1-17(21-13-22(28(31,32)33)15-23(14-21)29(34,35)36)42-25-8-5-20(26(25)18-3-6-24(30)7-4-18)16-38-11-9-19(10-12-38)27(39)37-43(2,40)41/h3-4,6-7,13-15,17,19-20,25-26H,5,8-12,16H2,1-2H3,(H,37,39). The highest BCUT2D eigenvalue weighted by atomic mass is 32.2. The van der Waals surface area contributed by atoms with E-state index < -0.39 is 63.4 Å². The minimum absolute atomic E-state index is 0.0312. The molecule has 1 N–H and O–H groups in total. The predicted molar refractivity (Wildman–Crippen MR) is 144 cm³/mol. The summed E-state index contributed by atoms with van der Waals surface area (Å²) in [6.07, 6.45) is -8.69. The monoisotopic (exact) mass is 638 g/mol. The molecule has 4 atom stereocenters. The summed E-state index contributed by atoms with van der Waals surface area (Å²) < 4.78 is 125. The van der Waals surface area contributed by atoms with Gasteiger partial charge in [-0.15, -0.1) is 0 Å². The fraction of sp³-hybridized carbons (Fsp3) is 0.552. The van der Waals surface area contributed by atoms with Gasteiger partial charge in [0.15, 0.2) is 0 Å². The molecule has 1 saturated carbocycles. The number of alkyl halides is 6. The molecule has 0 bridgehead atoms. The Balaban J connectivity index is 1.51. The molecule has 2 aliphatic rings. The van der Waals surface area contributed by atoms with E-state index in [0.29, 0.717) is 57.5 Å². The average Bonchev–Trinajstić information content (AvgIpc) is 3.28. The van der Waals surface area contributed by atoms with Crippen LogP contribution < -0.4 is 4.72 Å². The normalized spacial score (nSPS) is 23.3. The van der Waals surface area contributed by atoms with E-state index in [4.69, 9.17) is 4.74 Å². The van der Waals surface area contributed by atoms with Gasteiger partial charge in [-0.3, -0.25) is 9.52 Å². The molecule has 1 heterocycles. The summed E-state index contributed by atoms with van der Waals surface area (Å²) in [7, 11) is -3.67. The van der Waals surface area contributed by atoms with Crippen molar-refractivity contribution in [3.8, 4) is 0 Å². The van der Waals surface area contributed by atoms with Gasteiger partial charge in [-0.05, 0) is 93.1 Å². The second-order valence-corrected chi connectivity index (χ2v) is 13.1. The molecule has 1 aliphatic carbocycles. The molecule has 6 nitrogen and oxygen atoms in total. The first kappa shape index (κ1) is 33.2. The molecule has 1 saturated heterocycles. The van der Waals surface area contributed by atoms with Crippen LogP contribution in [0.3, 0.4) is 0 Å². The highest BCUT2D eigenvalue weighted by Crippen LogP contribution is 2.45. The van der Waals surface area contributed by atoms with Gasteiger partial charge < -0.3 is 9.64 Å². The van der Waals surface area contributed by atoms with E-state index >= 15 is 0 Å². The maximum absolute atomic E-state index is 13.8. The Labute approximate surface area is 245 Å². The van der Waals surface area contributed by atoms with Gasteiger partial charge >= 0.3 is 12.4 Å². The minimum atomic E-state index is -4.98. The van der Waals surface area contributed by atoms with Gasteiger partial charge in [0.1, 0.15) is 5.82 Å². The number of nitrogens with zero attached hydrogens (tertiary/aromatic N) is 1. The Kier molecular flexibility index (Phi) is 9.82. The lowest BCUT2D eigenvalue weighted by atomic mass is 9.86. The Morgan fingerprint density at radius 2 is 1.51 bits per heavy atom. The van der Waals surface area contributed by atoms with E-state index in [9.17, 15) is 43.9 Å². The molecule has 2 aromatic carbocycles. The Morgan fingerprint density at radius 3 is 2.02 bits per heavy atom. The van der Waals surface area contributed by atoms with Crippen molar-refractivity contribution < 1.29 is 48.7 Å². The van der Waals surface area contributed by atoms with Crippen molar-refractivity contribution in [1.29, 1.82) is 0 Å². The fourth-order valence-corrected chi connectivity index (χ4v) is 6.63. The number of likely N-dealkylation sites (tertiary alicyclic amines) is 1. The summed E-state index contributed by atoms with van der Waals surface area (Å²) in [6.45, 7) is 3.04. The van der Waals surface area contributed by atoms with Gasteiger partial charge in [-0.25, -0.2) is 12.8 Å². The molecule has 2 aromatic rings. The van der Waals surface area contributed by atoms with E-state index in [2.05, 4.69) is 4.90 Å². The number of carbonyl (C=O) groups excluding carboxylic acids is 1. The van der Waals surface area contributed by atoms with Gasteiger partial charge in [-0.2, -0.15) is 26.3 Å². The van der Waals surface area contributed by atoms with Crippen LogP contribution in [-0.4, -0.2) is 51.2 Å². The molecule has 0 spiro atoms. The summed E-state index contributed by atoms with van der Waals surface area (Å²) in [5.41, 5.74) is -2.34. The largest absolute Gasteiger partial charge is 0.416 e. The van der Waals surface area contributed by atoms with E-state index in [1.807, 2.05) is 4.72 Å². The number of amides is 1. The molecule has 0 radical (unpaired) electrons. The van der Waals surface area contributed by atoms with Crippen molar-refractivity contribution in [2.75, 3.05) is 25.9 Å². The average molecular weight is 639 g/mol. The van der Waals surface area contributed by atoms with Crippen molar-refractivity contribution in [1.82, 2.24) is 9.62 Å². The van der Waals surface area contributed by atoms with Gasteiger partial charge in [0.25, 0.3) is 0 Å². The van der Waals surface area contributed by atoms with Gasteiger partial charge in [0.05, 0.1) is 29.6 Å². The first-order valence-corrected chi connectivity index (χ1v) is 15.7. The summed E-state index contributed by atoms with van der Waals surface area (Å²) in [6, 6.07) is 7.21. The van der Waals surface area contributed by atoms with E-state index in [0.717, 1.165) is 11.8 Å². The lowest BCUT2D eigenvalue weighted by Crippen LogP contribution is -2.43. The molecule has 238 valence electrons. The van der Waals surface area contributed by atoms with Crippen LogP contribution in [0.1, 0.15) is 66.9 Å². The highest BCUT2D eigenvalue weighted by molar-refractivity contribution is 7.89. The van der Waals surface area contributed by atoms with E-state index in [1.54, 1.807) is 12.1 Å². The van der Waals surface area contributed by atoms with Crippen LogP contribution in [0.25, 0.3) is 0 Å². The Morgan fingerprint density at radius 1 is 0.953 bits per heavy atom. The molecule has 1 aliphatic heterocycles. The molecular weight excluding hydrogens is 605 g/mol. The van der Waals surface area contributed by atoms with Gasteiger partial charge in [0.2, 0.25) is 15.9 Å². The summed E-state index contributed by atoms with van der Waals surface area (Å²) >= 11 is 0. The smallest absolute Gasteiger partial charge is 0.370 e. The SMILES string of the molecule is CC(OC1CCC(CN2CCC(C(=O)NS(C)(=O)=O)CC2)C1c1ccc(F)cc1)c1cc(C(F)(F)F)cc(C(F)(F)F)c1. The number of hydrogen-bond donors (Lipinski definition) is 1. The summed E-state index contributed by atoms with van der Waals surface area (Å²) in [5, 5.41) is 0. The molecule has 2 fully saturated rings. The van der Waals surface area contributed by atoms with Crippen molar-refractivity contribution in [2.24, 2.45) is 11.8 Å². The van der Waals surface area contributed by atoms with Crippen molar-refractivity contribution in [2.45, 2.75) is 63.1 Å². The second-order valence-electron chi connectivity index (χ2n) is 11.4. The number of piperidine rings is 1. The zero-order chi connectivity index (χ0) is 31.7. The quantitative estimate of drug-likeness (QED) is 0.344. The van der Waals surface area contributed by atoms with Crippen LogP contribution in [0.2, 0.25) is 0 Å². The zero-order valence-electron chi connectivity index (χ0n) is 23.5. The molecule has 4 rings (SSSR count). The summed E-state index contributed by atoms with van der Waals surface area (Å²) in [5.74, 6) is -1.80. The molecule has 43 heavy (non-hydrogen) atoms. The van der Waals surface area contributed by atoms with Gasteiger partial charge in [0, 0.05) is 18.4 Å². The summed E-state index contributed by atoms with van der Waals surface area (Å²) in [4.78, 5) is 14.4. The highest BCUT2D eigenvalue weighted by Gasteiger charge is 2.41. The van der Waals surface area contributed by atoms with Crippen LogP contribution in [0, 0.1) is 17.7 Å². The van der Waals surface area contributed by atoms with Crippen LogP contribution in [0.4, 0.5) is 30.7 Å². The first-order valence-electron chi connectivity index (χ1n) is 13.8. The third kappa shape index (κ3) is 8.69. The number of nitrogens with one attached hydrogen (secondary N) is 1. The van der Waals surface area contributed by atoms with Crippen LogP contribution >= 0.6 is 0 Å². The number of ether oxygens (including phenoxy) is 1. The molecule has 1 amide bonds. The second kappa shape index (κ2) is 12.7. The van der Waals surface area contributed by atoms with E-state index in [-0.39, 0.29) is 23.5 Å². The number of sulfonamides is 1. The number of halogens is 7. The number of benzene rings is 2. The topological polar surface area (TPSA) is 75.7 Å². The van der Waals surface area contributed by atoms with Crippen LogP contribution in [0.15, 0.2) is 42.5 Å². The van der Waals surface area contributed by atoms with E-state index in [1.165, 1.54) is 19.1 Å². The molecule has 14 heteroatoms. The van der Waals surface area contributed by atoms with Crippen LogP contribution in [0.5, 0.6) is 0 Å². The zero-order valence-corrected chi connectivity index (χ0v) is 24.3. The molecular formula is C29H33F7N2O4S.